The SMILES string of the molecule is CC(=O)[C@]12CCC(C)(C)CC1C1=CCC3[C@@]4(C)CC[C@H](O[C@@H]5OC(C(=O)O)[C@@H](O)[C@H](O[C@@H]6OC[C@@H](O)[C@H](O)C6O)C5O[C@@H]5OC(CO)[C@H](O)[C@H](O)C5O)[C@@](C)(C=O)C4CC[C@@]3(C)[C@]1(C)C[C@H]2O. The lowest BCUT2D eigenvalue weighted by molar-refractivity contribution is -0.391. The highest BCUT2D eigenvalue weighted by molar-refractivity contribution is 5.84. The van der Waals surface area contributed by atoms with Gasteiger partial charge in [0.1, 0.15) is 73.1 Å². The number of carboxylic acid groups (broad SMARTS) is 1. The summed E-state index contributed by atoms with van der Waals surface area (Å²) in [6.45, 7) is 13.3. The Morgan fingerprint density at radius 1 is 0.746 bits per heavy atom. The molecule has 67 heavy (non-hydrogen) atoms. The maximum absolute atomic E-state index is 13.8. The molecular weight excluding hydrogens is 881 g/mol. The lowest BCUT2D eigenvalue weighted by Gasteiger charge is -2.71. The van der Waals surface area contributed by atoms with Crippen molar-refractivity contribution in [3.05, 3.63) is 11.6 Å². The molecule has 3 aliphatic heterocycles. The number of Topliss-reactive ketones (excluding diaryl/α,β-unsaturated/α-hetero) is 1. The molecule has 0 aromatic rings. The number of rotatable bonds is 10. The minimum Gasteiger partial charge on any atom is -0.479 e. The smallest absolute Gasteiger partial charge is 0.335 e. The van der Waals surface area contributed by atoms with Crippen LogP contribution in [0.5, 0.6) is 0 Å². The highest BCUT2D eigenvalue weighted by atomic mass is 16.8. The van der Waals surface area contributed by atoms with E-state index >= 15 is 0 Å². The van der Waals surface area contributed by atoms with E-state index in [0.717, 1.165) is 19.1 Å². The van der Waals surface area contributed by atoms with Gasteiger partial charge in [0.15, 0.2) is 25.0 Å². The van der Waals surface area contributed by atoms with Crippen LogP contribution in [0.15, 0.2) is 11.6 Å². The minimum atomic E-state index is -2.13. The van der Waals surface area contributed by atoms with Gasteiger partial charge in [-0.1, -0.05) is 53.2 Å². The van der Waals surface area contributed by atoms with Crippen molar-refractivity contribution < 1.29 is 93.9 Å². The van der Waals surface area contributed by atoms with Crippen molar-refractivity contribution in [3.63, 3.8) is 0 Å². The second-order valence-corrected chi connectivity index (χ2v) is 23.1. The number of allylic oxidation sites excluding steroid dienone is 2. The summed E-state index contributed by atoms with van der Waals surface area (Å²) in [7, 11) is 0. The fourth-order valence-electron chi connectivity index (χ4n) is 15.1. The Labute approximate surface area is 390 Å². The first kappa shape index (κ1) is 51.3. The lowest BCUT2D eigenvalue weighted by Crippen LogP contribution is -2.69. The third-order valence-electron chi connectivity index (χ3n) is 19.2. The van der Waals surface area contributed by atoms with Crippen LogP contribution in [0.3, 0.4) is 0 Å². The molecular formula is C48H74O19. The summed E-state index contributed by atoms with van der Waals surface area (Å²) in [6, 6.07) is 0. The lowest BCUT2D eigenvalue weighted by atomic mass is 9.33. The Kier molecular flexibility index (Phi) is 13.7. The van der Waals surface area contributed by atoms with Crippen molar-refractivity contribution in [3.8, 4) is 0 Å². The standard InChI is InChI=1S/C48H74O19/c1-21(51)48-15-14-43(2,3)16-23(48)22-8-9-27-44(4)12-11-29(45(5,20-50)26(44)10-13-46(27,6)47(22,7)17-28(48)53)64-42-38(67-41-34(58)32(56)31(55)25(18-49)63-41)36(35(59)37(66-42)39(60)61)65-40-33(57)30(54)24(52)19-62-40/h8,20,23-38,40-42,49,52-59H,9-19H2,1-7H3,(H,60,61)/t23?,24-,25?,26?,27?,28-,29+,30+,31+,32+,33?,34?,35+,36+,37?,38?,40+,41+,42-,44+,45+,46-,47-,48-/m1/s1. The molecule has 8 aliphatic rings. The summed E-state index contributed by atoms with van der Waals surface area (Å²) in [5.41, 5.74) is -2.11. The van der Waals surface area contributed by atoms with Crippen LogP contribution in [0.4, 0.5) is 0 Å². The average Bonchev–Trinajstić information content (AvgIpc) is 3.26. The molecule has 0 spiro atoms. The predicted octanol–water partition coefficient (Wildman–Crippen LogP) is 0.0918. The number of carboxylic acids is 1. The number of ketones is 1. The summed E-state index contributed by atoms with van der Waals surface area (Å²) >= 11 is 0. The summed E-state index contributed by atoms with van der Waals surface area (Å²) in [5.74, 6) is -1.99. The number of ether oxygens (including phenoxy) is 6. The molecule has 0 amide bonds. The molecule has 0 radical (unpaired) electrons. The van der Waals surface area contributed by atoms with Crippen LogP contribution < -0.4 is 0 Å². The number of hydrogen-bond donors (Lipinski definition) is 10. The van der Waals surface area contributed by atoms with Crippen molar-refractivity contribution in [2.75, 3.05) is 13.2 Å². The van der Waals surface area contributed by atoms with E-state index in [1.54, 1.807) is 13.8 Å². The molecule has 0 bridgehead atoms. The van der Waals surface area contributed by atoms with Crippen LogP contribution in [0, 0.1) is 50.2 Å². The van der Waals surface area contributed by atoms with Gasteiger partial charge >= 0.3 is 5.97 Å². The molecule has 0 aromatic heterocycles. The van der Waals surface area contributed by atoms with Crippen molar-refractivity contribution in [1.82, 2.24) is 0 Å². The van der Waals surface area contributed by atoms with E-state index in [-0.39, 0.29) is 40.8 Å². The Morgan fingerprint density at radius 3 is 2.06 bits per heavy atom. The first-order valence-electron chi connectivity index (χ1n) is 24.1. The third kappa shape index (κ3) is 7.84. The average molecular weight is 955 g/mol. The summed E-state index contributed by atoms with van der Waals surface area (Å²) in [6.07, 6.45) is -18.9. The third-order valence-corrected chi connectivity index (χ3v) is 19.2. The molecule has 3 heterocycles. The molecule has 8 rings (SSSR count). The zero-order valence-electron chi connectivity index (χ0n) is 39.5. The van der Waals surface area contributed by atoms with E-state index in [0.29, 0.717) is 38.5 Å². The van der Waals surface area contributed by atoms with E-state index in [9.17, 15) is 65.4 Å². The van der Waals surface area contributed by atoms with Gasteiger partial charge in [-0.25, -0.2) is 4.79 Å². The van der Waals surface area contributed by atoms with Gasteiger partial charge in [-0.05, 0) is 104 Å². The van der Waals surface area contributed by atoms with E-state index < -0.39 is 139 Å². The fraction of sp³-hybridized carbons (Fsp3) is 0.896. The van der Waals surface area contributed by atoms with E-state index in [2.05, 4.69) is 40.7 Å². The first-order valence-corrected chi connectivity index (χ1v) is 24.1. The van der Waals surface area contributed by atoms with Crippen molar-refractivity contribution >= 4 is 18.0 Å². The quantitative estimate of drug-likeness (QED) is 0.0788. The molecule has 19 nitrogen and oxygen atoms in total. The van der Waals surface area contributed by atoms with Crippen LogP contribution >= 0.6 is 0 Å². The van der Waals surface area contributed by atoms with Gasteiger partial charge in [0.2, 0.25) is 0 Å². The molecule has 19 heteroatoms. The van der Waals surface area contributed by atoms with Gasteiger partial charge in [-0.15, -0.1) is 0 Å². The van der Waals surface area contributed by atoms with Gasteiger partial charge in [0.25, 0.3) is 0 Å². The molecule has 10 N–H and O–H groups in total. The highest BCUT2D eigenvalue weighted by Gasteiger charge is 2.71. The maximum atomic E-state index is 13.8. The minimum absolute atomic E-state index is 0.0133. The number of aldehydes is 1. The molecule has 8 unspecified atom stereocenters. The molecule has 4 saturated carbocycles. The number of aliphatic hydroxyl groups excluding tert-OH is 9. The van der Waals surface area contributed by atoms with Crippen LogP contribution in [0.2, 0.25) is 0 Å². The summed E-state index contributed by atoms with van der Waals surface area (Å²) in [5, 5.41) is 108. The monoisotopic (exact) mass is 954 g/mol. The number of carbonyl (C=O) groups excluding carboxylic acids is 2. The van der Waals surface area contributed by atoms with E-state index in [1.165, 1.54) is 5.57 Å². The molecule has 24 atom stereocenters. The second kappa shape index (κ2) is 17.9. The van der Waals surface area contributed by atoms with Crippen LogP contribution in [-0.2, 0) is 42.8 Å². The topological polar surface area (TPSA) is 309 Å². The van der Waals surface area contributed by atoms with E-state index in [4.69, 9.17) is 28.4 Å². The van der Waals surface area contributed by atoms with Gasteiger partial charge in [0.05, 0.1) is 36.3 Å². The number of hydrogen-bond acceptors (Lipinski definition) is 18. The van der Waals surface area contributed by atoms with Gasteiger partial charge in [-0.2, -0.15) is 0 Å². The van der Waals surface area contributed by atoms with Crippen LogP contribution in [-0.4, -0.2) is 181 Å². The number of aliphatic carboxylic acids is 1. The first-order chi connectivity index (χ1) is 31.3. The Bertz CT molecular complexity index is 1910. The van der Waals surface area contributed by atoms with Gasteiger partial charge < -0.3 is 84.3 Å². The molecule has 380 valence electrons. The largest absolute Gasteiger partial charge is 0.479 e. The zero-order valence-corrected chi connectivity index (χ0v) is 39.5. The second-order valence-electron chi connectivity index (χ2n) is 23.1. The van der Waals surface area contributed by atoms with Crippen molar-refractivity contribution in [2.45, 2.75) is 204 Å². The fourth-order valence-corrected chi connectivity index (χ4v) is 15.1. The molecule has 3 saturated heterocycles. The number of fused-ring (bicyclic) bond motifs is 7. The highest BCUT2D eigenvalue weighted by Crippen LogP contribution is 2.76. The maximum Gasteiger partial charge on any atom is 0.335 e. The zero-order chi connectivity index (χ0) is 49.1. The van der Waals surface area contributed by atoms with Gasteiger partial charge in [0, 0.05) is 0 Å². The van der Waals surface area contributed by atoms with E-state index in [1.807, 2.05) is 0 Å². The summed E-state index contributed by atoms with van der Waals surface area (Å²) < 4.78 is 36.0. The number of carbonyl (C=O) groups is 3. The van der Waals surface area contributed by atoms with Crippen LogP contribution in [0.1, 0.15) is 106 Å². The Morgan fingerprint density at radius 2 is 1.42 bits per heavy atom. The predicted molar refractivity (Wildman–Crippen MR) is 230 cm³/mol. The molecule has 5 aliphatic carbocycles. The Balaban J connectivity index is 1.13. The van der Waals surface area contributed by atoms with Crippen molar-refractivity contribution in [2.24, 2.45) is 50.2 Å². The summed E-state index contributed by atoms with van der Waals surface area (Å²) in [4.78, 5) is 40.3. The van der Waals surface area contributed by atoms with Crippen LogP contribution in [0.25, 0.3) is 0 Å². The Hall–Kier alpha value is -2.05. The normalized spacial score (nSPS) is 54.0. The molecule has 7 fully saturated rings. The number of aliphatic hydroxyl groups is 9. The molecule has 0 aromatic carbocycles. The van der Waals surface area contributed by atoms with Crippen molar-refractivity contribution in [1.29, 1.82) is 0 Å². The van der Waals surface area contributed by atoms with Gasteiger partial charge in [-0.3, -0.25) is 4.79 Å².